The molecule has 0 radical (unpaired) electrons. The number of carbonyl (C=O) groups is 1. The van der Waals surface area contributed by atoms with E-state index in [2.05, 4.69) is 25.7 Å². The van der Waals surface area contributed by atoms with Gasteiger partial charge in [-0.25, -0.2) is 0 Å². The number of allylic oxidation sites excluding steroid dienone is 2. The van der Waals surface area contributed by atoms with Crippen LogP contribution in [0.2, 0.25) is 0 Å². The predicted molar refractivity (Wildman–Crippen MR) is 112 cm³/mol. The van der Waals surface area contributed by atoms with E-state index >= 15 is 0 Å². The first-order valence-electron chi connectivity index (χ1n) is 8.41. The van der Waals surface area contributed by atoms with Crippen LogP contribution >= 0.6 is 35.3 Å². The van der Waals surface area contributed by atoms with E-state index in [4.69, 9.17) is 12.2 Å². The molecule has 2 aliphatic heterocycles. The Balaban J connectivity index is 2.38. The van der Waals surface area contributed by atoms with E-state index in [1.807, 2.05) is 6.92 Å². The third-order valence-corrected chi connectivity index (χ3v) is 7.81. The van der Waals surface area contributed by atoms with Crippen molar-refractivity contribution in [3.8, 4) is 0 Å². The van der Waals surface area contributed by atoms with Gasteiger partial charge in [-0.15, -0.1) is 11.3 Å². The Morgan fingerprint density at radius 2 is 1.69 bits per heavy atom. The maximum absolute atomic E-state index is 13.1. The highest BCUT2D eigenvalue weighted by atomic mass is 32.2. The quantitative estimate of drug-likeness (QED) is 0.681. The van der Waals surface area contributed by atoms with Crippen LogP contribution in [0.25, 0.3) is 10.7 Å². The lowest BCUT2D eigenvalue weighted by molar-refractivity contribution is -0.120. The topological polar surface area (TPSA) is 48.8 Å². The molecule has 1 amide bonds. The summed E-state index contributed by atoms with van der Waals surface area (Å²) in [6, 6.07) is 0. The molecule has 0 unspecified atom stereocenters. The molecule has 140 valence electrons. The van der Waals surface area contributed by atoms with Gasteiger partial charge in [0, 0.05) is 37.8 Å². The van der Waals surface area contributed by atoms with Crippen molar-refractivity contribution in [2.75, 3.05) is 20.6 Å². The van der Waals surface area contributed by atoms with Crippen molar-refractivity contribution < 1.29 is 4.79 Å². The zero-order chi connectivity index (χ0) is 19.3. The Labute approximate surface area is 166 Å². The van der Waals surface area contributed by atoms with Gasteiger partial charge >= 0.3 is 0 Å². The minimum Gasteiger partial charge on any atom is -0.338 e. The summed E-state index contributed by atoms with van der Waals surface area (Å²) >= 11 is 8.32. The largest absolute Gasteiger partial charge is 0.338 e. The number of rotatable bonds is 2. The molecule has 0 aromatic carbocycles. The summed E-state index contributed by atoms with van der Waals surface area (Å²) in [7, 11) is 3.43. The van der Waals surface area contributed by atoms with Gasteiger partial charge in [-0.3, -0.25) is 19.1 Å². The Hall–Kier alpha value is -1.58. The Morgan fingerprint density at radius 3 is 2.19 bits per heavy atom. The molecule has 3 heterocycles. The number of nitrogens with zero attached hydrogens (tertiary/aromatic N) is 4. The first-order chi connectivity index (χ1) is 12.2. The smallest absolute Gasteiger partial charge is 0.279 e. The second-order valence-corrected chi connectivity index (χ2v) is 8.70. The highest BCUT2D eigenvalue weighted by molar-refractivity contribution is 8.11. The number of amides is 1. The minimum absolute atomic E-state index is 0.0508. The Kier molecular flexibility index (Phi) is 5.06. The van der Waals surface area contributed by atoms with E-state index in [0.717, 1.165) is 11.6 Å². The fraction of sp³-hybridized carbons (Fsp3) is 0.471. The van der Waals surface area contributed by atoms with Crippen molar-refractivity contribution in [3.63, 3.8) is 0 Å². The molecular weight excluding hydrogens is 388 g/mol. The fourth-order valence-corrected chi connectivity index (χ4v) is 5.88. The maximum Gasteiger partial charge on any atom is 0.279 e. The molecule has 6 nitrogen and oxygen atoms in total. The molecule has 0 bridgehead atoms. The summed E-state index contributed by atoms with van der Waals surface area (Å²) in [5, 5.41) is 1.40. The SMILES string of the molecule is CCN1C(C)=C(C)S/C1=c1\s/c(=C2/C(=O)N(C)C(=S)N2C)n(CC)c1=O. The Bertz CT molecular complexity index is 1020. The van der Waals surface area contributed by atoms with Crippen molar-refractivity contribution in [3.05, 3.63) is 30.2 Å². The van der Waals surface area contributed by atoms with Gasteiger partial charge in [0.1, 0.15) is 19.9 Å². The third kappa shape index (κ3) is 2.64. The van der Waals surface area contributed by atoms with Crippen LogP contribution in [-0.2, 0) is 11.3 Å². The van der Waals surface area contributed by atoms with Crippen LogP contribution in [0.4, 0.5) is 0 Å². The van der Waals surface area contributed by atoms with Gasteiger partial charge in [0.15, 0.2) is 5.11 Å². The highest BCUT2D eigenvalue weighted by Gasteiger charge is 2.35. The molecule has 2 aliphatic rings. The van der Waals surface area contributed by atoms with Crippen LogP contribution in [0.5, 0.6) is 0 Å². The number of hydrogen-bond acceptors (Lipinski definition) is 6. The van der Waals surface area contributed by atoms with E-state index in [-0.39, 0.29) is 11.5 Å². The average molecular weight is 411 g/mol. The number of thiazole rings is 1. The lowest BCUT2D eigenvalue weighted by atomic mass is 10.4. The molecule has 9 heteroatoms. The maximum atomic E-state index is 13.1. The van der Waals surface area contributed by atoms with Crippen LogP contribution in [-0.4, -0.2) is 50.9 Å². The normalized spacial score (nSPS) is 22.5. The highest BCUT2D eigenvalue weighted by Crippen LogP contribution is 2.40. The summed E-state index contributed by atoms with van der Waals surface area (Å²) in [4.78, 5) is 32.3. The van der Waals surface area contributed by atoms with Crippen LogP contribution in [0.3, 0.4) is 0 Å². The number of carbonyl (C=O) groups excluding carboxylic acids is 1. The zero-order valence-electron chi connectivity index (χ0n) is 15.7. The van der Waals surface area contributed by atoms with Gasteiger partial charge in [0.05, 0.1) is 0 Å². The van der Waals surface area contributed by atoms with Crippen molar-refractivity contribution >= 4 is 57.1 Å². The van der Waals surface area contributed by atoms with Gasteiger partial charge in [0.25, 0.3) is 11.5 Å². The lowest BCUT2D eigenvalue weighted by Gasteiger charge is -2.17. The van der Waals surface area contributed by atoms with Crippen molar-refractivity contribution in [1.29, 1.82) is 0 Å². The molecule has 26 heavy (non-hydrogen) atoms. The molecule has 3 rings (SSSR count). The van der Waals surface area contributed by atoms with Crippen molar-refractivity contribution in [1.82, 2.24) is 19.3 Å². The van der Waals surface area contributed by atoms with E-state index < -0.39 is 0 Å². The summed E-state index contributed by atoms with van der Waals surface area (Å²) < 4.78 is 3.02. The standard InChI is InChI=1S/C17H22N4O2S3/c1-7-20-9(3)10(4)25-16(20)12-14(23)21(8-2)15(26-12)11-13(22)19(6)17(24)18(11)5/h7-8H2,1-6H3/b15-11-,16-12-. The number of hydrogen-bond donors (Lipinski definition) is 0. The van der Waals surface area contributed by atoms with Crippen LogP contribution in [0, 0.1) is 0 Å². The molecule has 1 fully saturated rings. The minimum atomic E-state index is -0.172. The van der Waals surface area contributed by atoms with Gasteiger partial charge in [0.2, 0.25) is 0 Å². The molecule has 0 N–H and O–H groups in total. The molecule has 0 aliphatic carbocycles. The second kappa shape index (κ2) is 6.86. The molecule has 0 atom stereocenters. The van der Waals surface area contributed by atoms with E-state index in [0.29, 0.717) is 26.5 Å². The summed E-state index contributed by atoms with van der Waals surface area (Å²) in [6.45, 7) is 9.43. The Morgan fingerprint density at radius 1 is 1.04 bits per heavy atom. The molecule has 1 aromatic heterocycles. The lowest BCUT2D eigenvalue weighted by Crippen LogP contribution is -2.35. The number of thiocarbonyl (C=S) groups is 1. The van der Waals surface area contributed by atoms with Gasteiger partial charge < -0.3 is 9.80 Å². The van der Waals surface area contributed by atoms with Gasteiger partial charge in [-0.1, -0.05) is 11.8 Å². The van der Waals surface area contributed by atoms with Crippen LogP contribution in [0.15, 0.2) is 15.4 Å². The summed E-state index contributed by atoms with van der Waals surface area (Å²) in [6.07, 6.45) is 0. The van der Waals surface area contributed by atoms with E-state index in [9.17, 15) is 9.59 Å². The number of aromatic nitrogens is 1. The van der Waals surface area contributed by atoms with Crippen molar-refractivity contribution in [2.24, 2.45) is 0 Å². The predicted octanol–water partition coefficient (Wildman–Crippen LogP) is 1.11. The number of thioether (sulfide) groups is 1. The summed E-state index contributed by atoms with van der Waals surface area (Å²) in [5.74, 6) is -0.172. The van der Waals surface area contributed by atoms with Crippen LogP contribution in [0.1, 0.15) is 27.7 Å². The van der Waals surface area contributed by atoms with Gasteiger partial charge in [-0.2, -0.15) is 0 Å². The van der Waals surface area contributed by atoms with Gasteiger partial charge in [-0.05, 0) is 39.9 Å². The summed E-state index contributed by atoms with van der Waals surface area (Å²) in [5.41, 5.74) is 1.60. The molecule has 1 saturated heterocycles. The average Bonchev–Trinajstić information content (AvgIpc) is 3.15. The zero-order valence-corrected chi connectivity index (χ0v) is 18.2. The fourth-order valence-electron chi connectivity index (χ4n) is 3.12. The monoisotopic (exact) mass is 410 g/mol. The first-order valence-corrected chi connectivity index (χ1v) is 10.5. The molecular formula is C17H22N4O2S3. The molecule has 1 aromatic rings. The van der Waals surface area contributed by atoms with E-state index in [1.54, 1.807) is 35.3 Å². The third-order valence-electron chi connectivity index (χ3n) is 4.74. The first kappa shape index (κ1) is 19.2. The van der Waals surface area contributed by atoms with Crippen LogP contribution < -0.4 is 14.8 Å². The molecule has 0 spiro atoms. The van der Waals surface area contributed by atoms with Crippen molar-refractivity contribution in [2.45, 2.75) is 34.2 Å². The number of likely N-dealkylation sites (N-methyl/N-ethyl adjacent to an activating group) is 2. The van der Waals surface area contributed by atoms with E-state index in [1.165, 1.54) is 26.8 Å². The second-order valence-electron chi connectivity index (χ2n) is 6.13. The molecule has 0 saturated carbocycles.